The summed E-state index contributed by atoms with van der Waals surface area (Å²) in [6, 6.07) is 6.13. The van der Waals surface area contributed by atoms with Gasteiger partial charge in [0.2, 0.25) is 0 Å². The van der Waals surface area contributed by atoms with E-state index in [4.69, 9.17) is 0 Å². The smallest absolute Gasteiger partial charge is 0.174 e. The molecule has 2 aliphatic carbocycles. The Hall–Kier alpha value is -2.10. The molecule has 0 amide bonds. The molecule has 2 aliphatic rings. The lowest BCUT2D eigenvalue weighted by Crippen LogP contribution is -2.38. The van der Waals surface area contributed by atoms with E-state index < -0.39 is 35.1 Å². The van der Waals surface area contributed by atoms with E-state index in [2.05, 4.69) is 0 Å². The van der Waals surface area contributed by atoms with Crippen molar-refractivity contribution in [2.45, 2.75) is 0 Å². The first-order valence-corrected chi connectivity index (χ1v) is 5.51. The molecule has 90 valence electrons. The first-order chi connectivity index (χ1) is 8.61. The highest BCUT2D eigenvalue weighted by atomic mass is 19.1. The van der Waals surface area contributed by atoms with E-state index in [1.807, 2.05) is 0 Å². The van der Waals surface area contributed by atoms with E-state index in [0.29, 0.717) is 0 Å². The van der Waals surface area contributed by atoms with Crippen molar-refractivity contribution in [3.8, 4) is 0 Å². The van der Waals surface area contributed by atoms with Gasteiger partial charge in [0.1, 0.15) is 11.7 Å². The summed E-state index contributed by atoms with van der Waals surface area (Å²) >= 11 is 0. The third kappa shape index (κ3) is 1.32. The number of rotatable bonds is 0. The summed E-state index contributed by atoms with van der Waals surface area (Å²) in [6.45, 7) is 0. The number of carbonyl (C=O) groups is 2. The largest absolute Gasteiger partial charge is 0.293 e. The van der Waals surface area contributed by atoms with Gasteiger partial charge in [0.25, 0.3) is 0 Å². The quantitative estimate of drug-likeness (QED) is 0.705. The lowest BCUT2D eigenvalue weighted by atomic mass is 9.71. The molecule has 0 radical (unpaired) electrons. The Kier molecular flexibility index (Phi) is 2.26. The summed E-state index contributed by atoms with van der Waals surface area (Å²) in [5.41, 5.74) is 0.337. The Labute approximate surface area is 102 Å². The Morgan fingerprint density at radius 1 is 0.778 bits per heavy atom. The predicted molar refractivity (Wildman–Crippen MR) is 60.5 cm³/mol. The molecule has 2 atom stereocenters. The van der Waals surface area contributed by atoms with Crippen LogP contribution in [0.25, 0.3) is 0 Å². The maximum absolute atomic E-state index is 13.7. The van der Waals surface area contributed by atoms with Crippen molar-refractivity contribution < 1.29 is 18.4 Å². The number of carbonyl (C=O) groups excluding carboxylic acids is 2. The number of halogens is 2. The van der Waals surface area contributed by atoms with Crippen LogP contribution in [-0.2, 0) is 0 Å². The fraction of sp³-hybridized carbons (Fsp3) is 0.143. The molecule has 2 nitrogen and oxygen atoms in total. The van der Waals surface area contributed by atoms with Crippen molar-refractivity contribution in [2.24, 2.45) is 11.8 Å². The Balaban J connectivity index is 2.24. The van der Waals surface area contributed by atoms with Crippen LogP contribution in [0, 0.1) is 11.8 Å². The molecule has 0 aromatic heterocycles. The highest BCUT2D eigenvalue weighted by Crippen LogP contribution is 2.41. The minimum Gasteiger partial charge on any atom is -0.293 e. The fourth-order valence-electron chi connectivity index (χ4n) is 2.49. The summed E-state index contributed by atoms with van der Waals surface area (Å²) in [7, 11) is 0. The van der Waals surface area contributed by atoms with Crippen molar-refractivity contribution >= 4 is 11.6 Å². The van der Waals surface area contributed by atoms with Crippen LogP contribution in [0.5, 0.6) is 0 Å². The predicted octanol–water partition coefficient (Wildman–Crippen LogP) is 3.02. The SMILES string of the molecule is O=C1c2ccccc2C(=O)[C@H]2C(F)=CC=C(F)[C@@H]12. The average Bonchev–Trinajstić information content (AvgIpc) is 2.38. The molecule has 1 aromatic carbocycles. The molecule has 1 aromatic rings. The highest BCUT2D eigenvalue weighted by molar-refractivity contribution is 6.17. The molecule has 0 spiro atoms. The first-order valence-electron chi connectivity index (χ1n) is 5.51. The molecule has 0 heterocycles. The van der Waals surface area contributed by atoms with Crippen molar-refractivity contribution in [3.05, 3.63) is 59.2 Å². The van der Waals surface area contributed by atoms with Crippen molar-refractivity contribution in [1.82, 2.24) is 0 Å². The molecule has 0 aliphatic heterocycles. The van der Waals surface area contributed by atoms with E-state index in [-0.39, 0.29) is 11.1 Å². The summed E-state index contributed by atoms with van der Waals surface area (Å²) in [4.78, 5) is 24.3. The minimum atomic E-state index is -1.34. The second kappa shape index (κ2) is 3.70. The number of hydrogen-bond acceptors (Lipinski definition) is 2. The van der Waals surface area contributed by atoms with Crippen LogP contribution in [0.4, 0.5) is 8.78 Å². The molecule has 0 saturated heterocycles. The molecule has 0 fully saturated rings. The number of fused-ring (bicyclic) bond motifs is 2. The zero-order valence-corrected chi connectivity index (χ0v) is 9.19. The van der Waals surface area contributed by atoms with Crippen molar-refractivity contribution in [3.63, 3.8) is 0 Å². The Morgan fingerprint density at radius 2 is 1.17 bits per heavy atom. The summed E-state index contributed by atoms with van der Waals surface area (Å²) < 4.78 is 27.4. The van der Waals surface area contributed by atoms with E-state index in [0.717, 1.165) is 12.2 Å². The van der Waals surface area contributed by atoms with Crippen LogP contribution in [0.2, 0.25) is 0 Å². The van der Waals surface area contributed by atoms with Gasteiger partial charge in [-0.25, -0.2) is 8.78 Å². The van der Waals surface area contributed by atoms with Gasteiger partial charge in [0, 0.05) is 11.1 Å². The molecule has 0 N–H and O–H groups in total. The number of hydrogen-bond donors (Lipinski definition) is 0. The van der Waals surface area contributed by atoms with E-state index in [1.165, 1.54) is 12.1 Å². The van der Waals surface area contributed by atoms with Crippen LogP contribution in [0.1, 0.15) is 20.7 Å². The van der Waals surface area contributed by atoms with Crippen LogP contribution < -0.4 is 0 Å². The van der Waals surface area contributed by atoms with Crippen LogP contribution >= 0.6 is 0 Å². The summed E-state index contributed by atoms with van der Waals surface area (Å²) in [5.74, 6) is -5.25. The van der Waals surface area contributed by atoms with E-state index in [9.17, 15) is 18.4 Å². The molecule has 3 rings (SSSR count). The maximum atomic E-state index is 13.7. The Bertz CT molecular complexity index is 573. The zero-order chi connectivity index (χ0) is 12.9. The molecular formula is C14H8F2O2. The minimum absolute atomic E-state index is 0.169. The fourth-order valence-corrected chi connectivity index (χ4v) is 2.49. The van der Waals surface area contributed by atoms with Crippen LogP contribution in [0.3, 0.4) is 0 Å². The number of Topliss-reactive ketones (excluding diaryl/α,β-unsaturated/α-hetero) is 2. The van der Waals surface area contributed by atoms with E-state index in [1.54, 1.807) is 12.1 Å². The van der Waals surface area contributed by atoms with Gasteiger partial charge < -0.3 is 0 Å². The second-order valence-corrected chi connectivity index (χ2v) is 4.33. The topological polar surface area (TPSA) is 34.1 Å². The van der Waals surface area contributed by atoms with Crippen LogP contribution in [-0.4, -0.2) is 11.6 Å². The van der Waals surface area contributed by atoms with Crippen molar-refractivity contribution in [1.29, 1.82) is 0 Å². The third-order valence-electron chi connectivity index (χ3n) is 3.35. The van der Waals surface area contributed by atoms with Gasteiger partial charge in [-0.05, 0) is 12.2 Å². The number of ketones is 2. The standard InChI is InChI=1S/C14H8F2O2/c15-9-5-6-10(16)12-11(9)13(17)7-3-1-2-4-8(7)14(12)18/h1-6,11-12H/t11-,12+. The van der Waals surface area contributed by atoms with Gasteiger partial charge in [-0.3, -0.25) is 9.59 Å². The lowest BCUT2D eigenvalue weighted by molar-refractivity contribution is 0.0750. The molecule has 18 heavy (non-hydrogen) atoms. The molecule has 0 saturated carbocycles. The first kappa shape index (κ1) is 11.0. The molecular weight excluding hydrogens is 238 g/mol. The Morgan fingerprint density at radius 3 is 1.56 bits per heavy atom. The van der Waals surface area contributed by atoms with Gasteiger partial charge in [-0.1, -0.05) is 24.3 Å². The monoisotopic (exact) mass is 246 g/mol. The third-order valence-corrected chi connectivity index (χ3v) is 3.35. The van der Waals surface area contributed by atoms with Gasteiger partial charge in [-0.15, -0.1) is 0 Å². The van der Waals surface area contributed by atoms with Gasteiger partial charge in [-0.2, -0.15) is 0 Å². The summed E-state index contributed by atoms with van der Waals surface area (Å²) in [5, 5.41) is 0. The lowest BCUT2D eigenvalue weighted by Gasteiger charge is -2.30. The van der Waals surface area contributed by atoms with Gasteiger partial charge >= 0.3 is 0 Å². The molecule has 4 heteroatoms. The number of allylic oxidation sites excluding steroid dienone is 4. The molecule has 0 bridgehead atoms. The van der Waals surface area contributed by atoms with Gasteiger partial charge in [0.05, 0.1) is 11.8 Å². The average molecular weight is 246 g/mol. The second-order valence-electron chi connectivity index (χ2n) is 4.33. The van der Waals surface area contributed by atoms with E-state index >= 15 is 0 Å². The van der Waals surface area contributed by atoms with Crippen molar-refractivity contribution in [2.75, 3.05) is 0 Å². The van der Waals surface area contributed by atoms with Crippen LogP contribution in [0.15, 0.2) is 48.1 Å². The normalized spacial score (nSPS) is 26.1. The molecule has 0 unspecified atom stereocenters. The maximum Gasteiger partial charge on any atom is 0.174 e. The van der Waals surface area contributed by atoms with Gasteiger partial charge in [0.15, 0.2) is 11.6 Å². The highest BCUT2D eigenvalue weighted by Gasteiger charge is 2.47. The number of benzene rings is 1. The summed E-state index contributed by atoms with van der Waals surface area (Å²) in [6.07, 6.45) is 1.82. The zero-order valence-electron chi connectivity index (χ0n) is 9.19.